The summed E-state index contributed by atoms with van der Waals surface area (Å²) in [6.07, 6.45) is -4.43. The van der Waals surface area contributed by atoms with Crippen molar-refractivity contribution in [3.05, 3.63) is 35.4 Å². The van der Waals surface area contributed by atoms with Crippen LogP contribution in [-0.2, 0) is 16.3 Å². The number of hydrogen-bond donors (Lipinski definition) is 0. The molecule has 1 aliphatic rings. The van der Waals surface area contributed by atoms with Crippen LogP contribution in [0.3, 0.4) is 0 Å². The molecule has 0 aromatic heterocycles. The smallest absolute Gasteiger partial charge is 0.377 e. The molecular weight excluding hydrogens is 219 g/mol. The molecule has 0 unspecified atom stereocenters. The summed E-state index contributed by atoms with van der Waals surface area (Å²) in [6, 6.07) is 7.07. The van der Waals surface area contributed by atoms with Crippen LogP contribution in [-0.4, -0.2) is 13.2 Å². The molecule has 0 bridgehead atoms. The van der Waals surface area contributed by atoms with Gasteiger partial charge in [-0.15, -0.1) is 0 Å². The summed E-state index contributed by atoms with van der Waals surface area (Å²) in [7, 11) is 0. The molecule has 16 heavy (non-hydrogen) atoms. The molecule has 5 heteroatoms. The maximum absolute atomic E-state index is 12.7. The van der Waals surface area contributed by atoms with Crippen LogP contribution in [0.4, 0.5) is 13.2 Å². The molecule has 0 saturated carbocycles. The van der Waals surface area contributed by atoms with E-state index in [0.717, 1.165) is 6.07 Å². The highest BCUT2D eigenvalue weighted by molar-refractivity contribution is 5.42. The molecule has 1 aromatic carbocycles. The standard InChI is InChI=1S/C11H8F3NO/c12-11(13,14)9-4-2-1-3-8(9)10(5-15)6-16-7-10/h1-4H,6-7H2. The number of benzene rings is 1. The summed E-state index contributed by atoms with van der Waals surface area (Å²) in [5.41, 5.74) is -1.87. The number of halogens is 3. The highest BCUT2D eigenvalue weighted by Crippen LogP contribution is 2.40. The Labute approximate surface area is 90.3 Å². The van der Waals surface area contributed by atoms with Crippen LogP contribution in [0.15, 0.2) is 24.3 Å². The van der Waals surface area contributed by atoms with Crippen molar-refractivity contribution in [2.75, 3.05) is 13.2 Å². The summed E-state index contributed by atoms with van der Waals surface area (Å²) in [5, 5.41) is 8.98. The van der Waals surface area contributed by atoms with Crippen molar-refractivity contribution < 1.29 is 17.9 Å². The fraction of sp³-hybridized carbons (Fsp3) is 0.364. The lowest BCUT2D eigenvalue weighted by Crippen LogP contribution is -2.46. The first-order chi connectivity index (χ1) is 7.49. The Morgan fingerprint density at radius 1 is 1.25 bits per heavy atom. The fourth-order valence-electron chi connectivity index (χ4n) is 1.73. The van der Waals surface area contributed by atoms with Gasteiger partial charge in [0.1, 0.15) is 5.41 Å². The van der Waals surface area contributed by atoms with Crippen LogP contribution in [0.25, 0.3) is 0 Å². The maximum atomic E-state index is 12.7. The molecule has 1 heterocycles. The van der Waals surface area contributed by atoms with Crippen molar-refractivity contribution in [2.24, 2.45) is 0 Å². The van der Waals surface area contributed by atoms with Crippen LogP contribution in [0, 0.1) is 11.3 Å². The van der Waals surface area contributed by atoms with Crippen LogP contribution in [0.2, 0.25) is 0 Å². The van der Waals surface area contributed by atoms with Crippen molar-refractivity contribution in [3.63, 3.8) is 0 Å². The van der Waals surface area contributed by atoms with Gasteiger partial charge in [0.15, 0.2) is 0 Å². The van der Waals surface area contributed by atoms with Crippen LogP contribution in [0.1, 0.15) is 11.1 Å². The first-order valence-electron chi connectivity index (χ1n) is 4.65. The van der Waals surface area contributed by atoms with Gasteiger partial charge in [0.2, 0.25) is 0 Å². The van der Waals surface area contributed by atoms with E-state index in [0.29, 0.717) is 0 Å². The summed E-state index contributed by atoms with van der Waals surface area (Å²) >= 11 is 0. The minimum atomic E-state index is -4.43. The summed E-state index contributed by atoms with van der Waals surface area (Å²) in [6.45, 7) is 0.0488. The van der Waals surface area contributed by atoms with E-state index in [9.17, 15) is 13.2 Å². The third kappa shape index (κ3) is 1.55. The molecule has 1 aromatic rings. The summed E-state index contributed by atoms with van der Waals surface area (Å²) in [4.78, 5) is 0. The first kappa shape index (κ1) is 11.0. The van der Waals surface area contributed by atoms with E-state index in [4.69, 9.17) is 10.00 Å². The van der Waals surface area contributed by atoms with Crippen molar-refractivity contribution in [1.29, 1.82) is 5.26 Å². The predicted octanol–water partition coefficient (Wildman–Crippen LogP) is 2.50. The highest BCUT2D eigenvalue weighted by atomic mass is 19.4. The zero-order valence-corrected chi connectivity index (χ0v) is 8.21. The molecule has 1 aliphatic heterocycles. The molecule has 84 valence electrons. The first-order valence-corrected chi connectivity index (χ1v) is 4.65. The van der Waals surface area contributed by atoms with E-state index < -0.39 is 17.2 Å². The monoisotopic (exact) mass is 227 g/mol. The molecule has 0 amide bonds. The zero-order chi connectivity index (χ0) is 11.8. The molecule has 2 rings (SSSR count). The third-order valence-corrected chi connectivity index (χ3v) is 2.66. The Morgan fingerprint density at radius 2 is 1.88 bits per heavy atom. The average molecular weight is 227 g/mol. The van der Waals surface area contributed by atoms with E-state index >= 15 is 0 Å². The molecule has 1 fully saturated rings. The Hall–Kier alpha value is -1.54. The summed E-state index contributed by atoms with van der Waals surface area (Å²) in [5.74, 6) is 0. The minimum Gasteiger partial charge on any atom is -0.377 e. The average Bonchev–Trinajstić information content (AvgIpc) is 2.16. The van der Waals surface area contributed by atoms with Crippen LogP contribution in [0.5, 0.6) is 0 Å². The largest absolute Gasteiger partial charge is 0.416 e. The van der Waals surface area contributed by atoms with Gasteiger partial charge in [0, 0.05) is 0 Å². The maximum Gasteiger partial charge on any atom is 0.416 e. The van der Waals surface area contributed by atoms with Crippen molar-refractivity contribution in [3.8, 4) is 6.07 Å². The third-order valence-electron chi connectivity index (χ3n) is 2.66. The number of ether oxygens (including phenoxy) is 1. The van der Waals surface area contributed by atoms with Crippen molar-refractivity contribution in [2.45, 2.75) is 11.6 Å². The molecule has 0 N–H and O–H groups in total. The Kier molecular flexibility index (Phi) is 2.39. The van der Waals surface area contributed by atoms with Gasteiger partial charge in [-0.3, -0.25) is 0 Å². The Bertz CT molecular complexity index is 443. The lowest BCUT2D eigenvalue weighted by molar-refractivity contribution is -0.140. The second-order valence-electron chi connectivity index (χ2n) is 3.73. The van der Waals surface area contributed by atoms with Gasteiger partial charge in [-0.2, -0.15) is 18.4 Å². The zero-order valence-electron chi connectivity index (χ0n) is 8.21. The van der Waals surface area contributed by atoms with Gasteiger partial charge in [0.25, 0.3) is 0 Å². The molecule has 1 saturated heterocycles. The molecule has 0 aliphatic carbocycles. The molecule has 0 radical (unpaired) electrons. The minimum absolute atomic E-state index is 0.0104. The van der Waals surface area contributed by atoms with E-state index in [-0.39, 0.29) is 18.8 Å². The fourth-order valence-corrected chi connectivity index (χ4v) is 1.73. The van der Waals surface area contributed by atoms with Gasteiger partial charge in [0.05, 0.1) is 24.8 Å². The van der Waals surface area contributed by atoms with Gasteiger partial charge in [-0.1, -0.05) is 18.2 Å². The Morgan fingerprint density at radius 3 is 2.31 bits per heavy atom. The summed E-state index contributed by atoms with van der Waals surface area (Å²) < 4.78 is 43.0. The van der Waals surface area contributed by atoms with E-state index in [1.165, 1.54) is 18.2 Å². The topological polar surface area (TPSA) is 33.0 Å². The van der Waals surface area contributed by atoms with Crippen LogP contribution < -0.4 is 0 Å². The molecule has 0 spiro atoms. The number of hydrogen-bond acceptors (Lipinski definition) is 2. The SMILES string of the molecule is N#CC1(c2ccccc2C(F)(F)F)COC1. The van der Waals surface area contributed by atoms with Gasteiger partial charge in [-0.25, -0.2) is 0 Å². The lowest BCUT2D eigenvalue weighted by atomic mass is 9.77. The van der Waals surface area contributed by atoms with Crippen molar-refractivity contribution in [1.82, 2.24) is 0 Å². The lowest BCUT2D eigenvalue weighted by Gasteiger charge is -2.36. The second-order valence-corrected chi connectivity index (χ2v) is 3.73. The van der Waals surface area contributed by atoms with Crippen molar-refractivity contribution >= 4 is 0 Å². The van der Waals surface area contributed by atoms with Crippen LogP contribution >= 0.6 is 0 Å². The van der Waals surface area contributed by atoms with E-state index in [1.807, 2.05) is 6.07 Å². The highest BCUT2D eigenvalue weighted by Gasteiger charge is 2.46. The number of nitriles is 1. The Balaban J connectivity index is 2.54. The van der Waals surface area contributed by atoms with Gasteiger partial charge in [-0.05, 0) is 11.6 Å². The van der Waals surface area contributed by atoms with Gasteiger partial charge >= 0.3 is 6.18 Å². The number of alkyl halides is 3. The number of rotatable bonds is 1. The second kappa shape index (κ2) is 3.49. The van der Waals surface area contributed by atoms with E-state index in [2.05, 4.69) is 0 Å². The van der Waals surface area contributed by atoms with E-state index in [1.54, 1.807) is 0 Å². The quantitative estimate of drug-likeness (QED) is 0.738. The molecular formula is C11H8F3NO. The number of nitrogens with zero attached hydrogens (tertiary/aromatic N) is 1. The van der Waals surface area contributed by atoms with Gasteiger partial charge < -0.3 is 4.74 Å². The molecule has 2 nitrogen and oxygen atoms in total. The molecule has 0 atom stereocenters. The normalized spacial score (nSPS) is 18.6. The predicted molar refractivity (Wildman–Crippen MR) is 49.6 cm³/mol.